The minimum Gasteiger partial charge on any atom is -0.468 e. The lowest BCUT2D eigenvalue weighted by Gasteiger charge is -2.09. The average molecular weight is 255 g/mol. The minimum absolute atomic E-state index is 0.354. The fraction of sp³-hybridized carbons (Fsp3) is 0.636. The first kappa shape index (κ1) is 12.4. The van der Waals surface area contributed by atoms with Gasteiger partial charge in [0.15, 0.2) is 0 Å². The van der Waals surface area contributed by atoms with Gasteiger partial charge in [-0.3, -0.25) is 4.79 Å². The summed E-state index contributed by atoms with van der Waals surface area (Å²) in [5.41, 5.74) is 6.86. The average Bonchev–Trinajstić information content (AvgIpc) is 3.08. The van der Waals surface area contributed by atoms with Crippen molar-refractivity contribution >= 4 is 17.7 Å². The Morgan fingerprint density at radius 3 is 3.18 bits per heavy atom. The van der Waals surface area contributed by atoms with Gasteiger partial charge < -0.3 is 15.0 Å². The number of aromatic nitrogens is 2. The van der Waals surface area contributed by atoms with Crippen LogP contribution in [0.1, 0.15) is 24.6 Å². The summed E-state index contributed by atoms with van der Waals surface area (Å²) in [5, 5.41) is 0. The fourth-order valence-electron chi connectivity index (χ4n) is 1.64. The minimum atomic E-state index is -0.540. The molecule has 94 valence electrons. The number of rotatable bonds is 6. The normalized spacial score (nSPS) is 16.8. The molecule has 2 rings (SSSR count). The van der Waals surface area contributed by atoms with Gasteiger partial charge in [-0.1, -0.05) is 0 Å². The first-order chi connectivity index (χ1) is 8.22. The Hall–Kier alpha value is -1.01. The van der Waals surface area contributed by atoms with Crippen LogP contribution in [0.2, 0.25) is 0 Å². The number of thioether (sulfide) groups is 1. The maximum absolute atomic E-state index is 11.1. The van der Waals surface area contributed by atoms with Crippen LogP contribution < -0.4 is 5.73 Å². The monoisotopic (exact) mass is 255 g/mol. The van der Waals surface area contributed by atoms with Crippen LogP contribution in [0.15, 0.2) is 12.5 Å². The van der Waals surface area contributed by atoms with Gasteiger partial charge in [-0.15, -0.1) is 0 Å². The predicted molar refractivity (Wildman–Crippen MR) is 66.7 cm³/mol. The molecule has 0 aromatic carbocycles. The van der Waals surface area contributed by atoms with Crippen LogP contribution in [0.4, 0.5) is 0 Å². The topological polar surface area (TPSA) is 70.1 Å². The van der Waals surface area contributed by atoms with Gasteiger partial charge in [-0.25, -0.2) is 4.98 Å². The molecule has 0 amide bonds. The number of carbonyl (C=O) groups excluding carboxylic acids is 1. The molecule has 1 aromatic rings. The SMILES string of the molecule is COC(=O)C(N)CSCc1cncn1C1CC1. The van der Waals surface area contributed by atoms with Crippen molar-refractivity contribution in [2.75, 3.05) is 12.9 Å². The van der Waals surface area contributed by atoms with Crippen molar-refractivity contribution in [3.63, 3.8) is 0 Å². The molecule has 1 unspecified atom stereocenters. The molecule has 0 aliphatic heterocycles. The Balaban J connectivity index is 1.78. The number of hydrogen-bond acceptors (Lipinski definition) is 5. The molecule has 0 radical (unpaired) electrons. The molecule has 1 aliphatic carbocycles. The highest BCUT2D eigenvalue weighted by molar-refractivity contribution is 7.98. The van der Waals surface area contributed by atoms with E-state index in [9.17, 15) is 4.79 Å². The number of carbonyl (C=O) groups is 1. The summed E-state index contributed by atoms with van der Waals surface area (Å²) in [7, 11) is 1.36. The maximum Gasteiger partial charge on any atom is 0.323 e. The smallest absolute Gasteiger partial charge is 0.323 e. The van der Waals surface area contributed by atoms with Gasteiger partial charge in [0, 0.05) is 29.4 Å². The first-order valence-electron chi connectivity index (χ1n) is 5.64. The molecule has 1 aliphatic rings. The number of imidazole rings is 1. The van der Waals surface area contributed by atoms with E-state index in [1.165, 1.54) is 25.6 Å². The number of nitrogens with two attached hydrogens (primary N) is 1. The van der Waals surface area contributed by atoms with Crippen molar-refractivity contribution in [2.24, 2.45) is 5.73 Å². The van der Waals surface area contributed by atoms with Crippen molar-refractivity contribution in [1.82, 2.24) is 9.55 Å². The number of ether oxygens (including phenoxy) is 1. The predicted octanol–water partition coefficient (Wildman–Crippen LogP) is 0.951. The molecule has 1 saturated carbocycles. The molecular weight excluding hydrogens is 238 g/mol. The summed E-state index contributed by atoms with van der Waals surface area (Å²) in [6.45, 7) is 0. The Morgan fingerprint density at radius 1 is 1.76 bits per heavy atom. The number of nitrogens with zero attached hydrogens (tertiary/aromatic N) is 2. The molecule has 5 nitrogen and oxygen atoms in total. The Kier molecular flexibility index (Phi) is 4.06. The van der Waals surface area contributed by atoms with Crippen molar-refractivity contribution in [1.29, 1.82) is 0 Å². The summed E-state index contributed by atoms with van der Waals surface area (Å²) in [6.07, 6.45) is 6.26. The maximum atomic E-state index is 11.1. The van der Waals surface area contributed by atoms with E-state index in [4.69, 9.17) is 5.73 Å². The van der Waals surface area contributed by atoms with E-state index in [0.717, 1.165) is 5.75 Å². The van der Waals surface area contributed by atoms with E-state index in [2.05, 4.69) is 14.3 Å². The quantitative estimate of drug-likeness (QED) is 0.766. The molecule has 0 saturated heterocycles. The molecule has 6 heteroatoms. The largest absolute Gasteiger partial charge is 0.468 e. The zero-order valence-electron chi connectivity index (χ0n) is 9.83. The molecule has 1 aromatic heterocycles. The third-order valence-corrected chi connectivity index (χ3v) is 3.83. The molecular formula is C11H17N3O2S. The highest BCUT2D eigenvalue weighted by Crippen LogP contribution is 2.36. The second-order valence-corrected chi connectivity index (χ2v) is 5.20. The van der Waals surface area contributed by atoms with Crippen LogP contribution in [0.5, 0.6) is 0 Å². The molecule has 0 spiro atoms. The summed E-state index contributed by atoms with van der Waals surface area (Å²) < 4.78 is 6.80. The zero-order chi connectivity index (χ0) is 12.3. The molecule has 1 atom stereocenters. The van der Waals surface area contributed by atoms with E-state index < -0.39 is 6.04 Å². The van der Waals surface area contributed by atoms with Crippen LogP contribution in [-0.4, -0.2) is 34.4 Å². The van der Waals surface area contributed by atoms with Gasteiger partial charge >= 0.3 is 5.97 Å². The number of hydrogen-bond donors (Lipinski definition) is 1. The Morgan fingerprint density at radius 2 is 2.53 bits per heavy atom. The summed E-state index contributed by atoms with van der Waals surface area (Å²) in [5.74, 6) is 1.05. The molecule has 1 fully saturated rings. The van der Waals surface area contributed by atoms with Crippen LogP contribution in [0, 0.1) is 0 Å². The summed E-state index contributed by atoms with van der Waals surface area (Å²) in [4.78, 5) is 15.3. The fourth-order valence-corrected chi connectivity index (χ4v) is 2.58. The number of methoxy groups -OCH3 is 1. The molecule has 1 heterocycles. The van der Waals surface area contributed by atoms with Gasteiger partial charge in [0.2, 0.25) is 0 Å². The van der Waals surface area contributed by atoms with Crippen LogP contribution >= 0.6 is 11.8 Å². The second-order valence-electron chi connectivity index (χ2n) is 4.17. The van der Waals surface area contributed by atoms with E-state index in [0.29, 0.717) is 11.8 Å². The van der Waals surface area contributed by atoms with E-state index in [1.54, 1.807) is 11.8 Å². The van der Waals surface area contributed by atoms with Crippen LogP contribution in [0.3, 0.4) is 0 Å². The van der Waals surface area contributed by atoms with Crippen molar-refractivity contribution < 1.29 is 9.53 Å². The van der Waals surface area contributed by atoms with Gasteiger partial charge in [0.25, 0.3) is 0 Å². The van der Waals surface area contributed by atoms with Gasteiger partial charge in [-0.05, 0) is 12.8 Å². The highest BCUT2D eigenvalue weighted by atomic mass is 32.2. The van der Waals surface area contributed by atoms with E-state index in [1.807, 2.05) is 12.5 Å². The Labute approximate surface area is 105 Å². The number of esters is 1. The second kappa shape index (κ2) is 5.55. The highest BCUT2D eigenvalue weighted by Gasteiger charge is 2.25. The lowest BCUT2D eigenvalue weighted by atomic mass is 10.4. The summed E-state index contributed by atoms with van der Waals surface area (Å²) >= 11 is 1.64. The third kappa shape index (κ3) is 3.23. The zero-order valence-corrected chi connectivity index (χ0v) is 10.7. The summed E-state index contributed by atoms with van der Waals surface area (Å²) in [6, 6.07) is 0.102. The standard InChI is InChI=1S/C11H17N3O2S/c1-16-11(15)10(12)6-17-5-9-4-13-7-14(9)8-2-3-8/h4,7-8,10H,2-3,5-6,12H2,1H3. The van der Waals surface area contributed by atoms with E-state index >= 15 is 0 Å². The van der Waals surface area contributed by atoms with Crippen molar-refractivity contribution in [3.8, 4) is 0 Å². The van der Waals surface area contributed by atoms with Gasteiger partial charge in [0.05, 0.1) is 13.4 Å². The Bertz CT molecular complexity index is 390. The lowest BCUT2D eigenvalue weighted by molar-refractivity contribution is -0.141. The van der Waals surface area contributed by atoms with Gasteiger partial charge in [0.1, 0.15) is 6.04 Å². The lowest BCUT2D eigenvalue weighted by Crippen LogP contribution is -2.33. The van der Waals surface area contributed by atoms with E-state index in [-0.39, 0.29) is 5.97 Å². The van der Waals surface area contributed by atoms with Crippen LogP contribution in [-0.2, 0) is 15.3 Å². The molecule has 2 N–H and O–H groups in total. The van der Waals surface area contributed by atoms with Gasteiger partial charge in [-0.2, -0.15) is 11.8 Å². The first-order valence-corrected chi connectivity index (χ1v) is 6.79. The third-order valence-electron chi connectivity index (χ3n) is 2.74. The van der Waals surface area contributed by atoms with Crippen molar-refractivity contribution in [3.05, 3.63) is 18.2 Å². The van der Waals surface area contributed by atoms with Crippen molar-refractivity contribution in [2.45, 2.75) is 30.7 Å². The van der Waals surface area contributed by atoms with Crippen LogP contribution in [0.25, 0.3) is 0 Å². The molecule has 17 heavy (non-hydrogen) atoms. The molecule has 0 bridgehead atoms.